The van der Waals surface area contributed by atoms with E-state index in [0.717, 1.165) is 38.0 Å². The van der Waals surface area contributed by atoms with Crippen molar-refractivity contribution in [1.82, 2.24) is 20.4 Å². The summed E-state index contributed by atoms with van der Waals surface area (Å²) in [5.41, 5.74) is 1.24. The lowest BCUT2D eigenvalue weighted by Crippen LogP contribution is -2.52. The smallest absolute Gasteiger partial charge is 0.272 e. The third kappa shape index (κ3) is 4.36. The molecule has 2 aliphatic rings. The molecule has 4 rings (SSSR count). The van der Waals surface area contributed by atoms with Gasteiger partial charge in [-0.2, -0.15) is 5.10 Å². The standard InChI is InChI=1S/C20H25N5O2.ClH/c26-19(17-10-13-25(23-17)16-8-4-11-21-14-16)22-18-9-5-12-24(20(18)27)15-6-2-1-3-7-15;/h1-3,6-7,10,13,16,18,21H,4-5,8-9,11-12,14H2,(H,22,26);1H. The van der Waals surface area contributed by atoms with Gasteiger partial charge in [-0.3, -0.25) is 14.3 Å². The molecule has 2 saturated heterocycles. The van der Waals surface area contributed by atoms with Crippen LogP contribution in [0.2, 0.25) is 0 Å². The lowest BCUT2D eigenvalue weighted by Gasteiger charge is -2.32. The number of benzene rings is 1. The third-order valence-electron chi connectivity index (χ3n) is 5.30. The highest BCUT2D eigenvalue weighted by atomic mass is 35.5. The van der Waals surface area contributed by atoms with Crippen LogP contribution in [0.15, 0.2) is 42.6 Å². The van der Waals surface area contributed by atoms with Gasteiger partial charge in [-0.05, 0) is 50.4 Å². The molecule has 1 aromatic carbocycles. The molecule has 150 valence electrons. The fourth-order valence-electron chi connectivity index (χ4n) is 3.83. The topological polar surface area (TPSA) is 79.3 Å². The molecule has 0 saturated carbocycles. The van der Waals surface area contributed by atoms with Gasteiger partial charge in [0.15, 0.2) is 0 Å². The number of piperidine rings is 2. The van der Waals surface area contributed by atoms with Gasteiger partial charge in [0.05, 0.1) is 6.04 Å². The third-order valence-corrected chi connectivity index (χ3v) is 5.30. The second-order valence-electron chi connectivity index (χ2n) is 7.17. The molecule has 2 amide bonds. The van der Waals surface area contributed by atoms with E-state index in [2.05, 4.69) is 15.7 Å². The molecule has 2 aliphatic heterocycles. The molecule has 2 aromatic rings. The van der Waals surface area contributed by atoms with Gasteiger partial charge in [0, 0.05) is 25.0 Å². The van der Waals surface area contributed by atoms with E-state index in [1.54, 1.807) is 11.0 Å². The minimum Gasteiger partial charge on any atom is -0.339 e. The number of halogens is 1. The molecule has 3 heterocycles. The molecule has 1 aromatic heterocycles. The number of rotatable bonds is 4. The van der Waals surface area contributed by atoms with E-state index in [0.29, 0.717) is 18.7 Å². The fourth-order valence-corrected chi connectivity index (χ4v) is 3.83. The summed E-state index contributed by atoms with van der Waals surface area (Å²) in [4.78, 5) is 27.2. The minimum atomic E-state index is -0.507. The van der Waals surface area contributed by atoms with Crippen molar-refractivity contribution >= 4 is 29.9 Å². The normalized spacial score (nSPS) is 22.4. The van der Waals surface area contributed by atoms with Crippen molar-refractivity contribution in [1.29, 1.82) is 0 Å². The summed E-state index contributed by atoms with van der Waals surface area (Å²) in [5, 5.41) is 10.7. The number of carbonyl (C=O) groups excluding carboxylic acids is 2. The summed E-state index contributed by atoms with van der Waals surface area (Å²) >= 11 is 0. The first kappa shape index (κ1) is 20.4. The van der Waals surface area contributed by atoms with Crippen molar-refractivity contribution < 1.29 is 9.59 Å². The van der Waals surface area contributed by atoms with Gasteiger partial charge in [-0.1, -0.05) is 18.2 Å². The van der Waals surface area contributed by atoms with E-state index in [1.807, 2.05) is 41.2 Å². The molecule has 0 radical (unpaired) electrons. The van der Waals surface area contributed by atoms with Crippen molar-refractivity contribution in [2.24, 2.45) is 0 Å². The number of carbonyl (C=O) groups is 2. The van der Waals surface area contributed by atoms with Crippen LogP contribution in [0.4, 0.5) is 5.69 Å². The Labute approximate surface area is 170 Å². The quantitative estimate of drug-likeness (QED) is 0.819. The zero-order valence-electron chi connectivity index (χ0n) is 15.7. The molecule has 28 heavy (non-hydrogen) atoms. The van der Waals surface area contributed by atoms with Crippen molar-refractivity contribution in [3.63, 3.8) is 0 Å². The van der Waals surface area contributed by atoms with Crippen molar-refractivity contribution in [3.05, 3.63) is 48.3 Å². The Bertz CT molecular complexity index is 804. The van der Waals surface area contributed by atoms with E-state index in [4.69, 9.17) is 0 Å². The molecule has 2 fully saturated rings. The molecule has 2 N–H and O–H groups in total. The largest absolute Gasteiger partial charge is 0.339 e. The average molecular weight is 404 g/mol. The monoisotopic (exact) mass is 403 g/mol. The van der Waals surface area contributed by atoms with Gasteiger partial charge in [0.2, 0.25) is 5.91 Å². The number of nitrogens with zero attached hydrogens (tertiary/aromatic N) is 3. The van der Waals surface area contributed by atoms with Crippen LogP contribution in [-0.2, 0) is 4.79 Å². The minimum absolute atomic E-state index is 0. The number of nitrogens with one attached hydrogen (secondary N) is 2. The molecule has 7 nitrogen and oxygen atoms in total. The second kappa shape index (κ2) is 9.21. The molecule has 2 unspecified atom stereocenters. The lowest BCUT2D eigenvalue weighted by atomic mass is 10.0. The predicted molar refractivity (Wildman–Crippen MR) is 110 cm³/mol. The summed E-state index contributed by atoms with van der Waals surface area (Å²) in [6.45, 7) is 2.58. The molecule has 2 atom stereocenters. The Hall–Kier alpha value is -2.38. The zero-order valence-corrected chi connectivity index (χ0v) is 16.5. The van der Waals surface area contributed by atoms with Crippen LogP contribution in [0, 0.1) is 0 Å². The maximum atomic E-state index is 12.8. The molecule has 0 aliphatic carbocycles. The Morgan fingerprint density at radius 2 is 1.96 bits per heavy atom. The SMILES string of the molecule is Cl.O=C(NC1CCCN(c2ccccc2)C1=O)c1ccn(C2CCCNC2)n1. The molecular formula is C20H26ClN5O2. The van der Waals surface area contributed by atoms with E-state index >= 15 is 0 Å². The van der Waals surface area contributed by atoms with Crippen LogP contribution in [0.5, 0.6) is 0 Å². The van der Waals surface area contributed by atoms with Crippen molar-refractivity contribution in [2.45, 2.75) is 37.8 Å². The number of hydrogen-bond acceptors (Lipinski definition) is 4. The van der Waals surface area contributed by atoms with Crippen molar-refractivity contribution in [2.75, 3.05) is 24.5 Å². The highest BCUT2D eigenvalue weighted by molar-refractivity contribution is 6.02. The van der Waals surface area contributed by atoms with Crippen LogP contribution in [0.3, 0.4) is 0 Å². The van der Waals surface area contributed by atoms with Gasteiger partial charge >= 0.3 is 0 Å². The summed E-state index contributed by atoms with van der Waals surface area (Å²) in [5.74, 6) is -0.345. The fraction of sp³-hybridized carbons (Fsp3) is 0.450. The number of aromatic nitrogens is 2. The Morgan fingerprint density at radius 3 is 2.71 bits per heavy atom. The highest BCUT2D eigenvalue weighted by Crippen LogP contribution is 2.21. The molecular weight excluding hydrogens is 378 g/mol. The maximum Gasteiger partial charge on any atom is 0.272 e. The predicted octanol–water partition coefficient (Wildman–Crippen LogP) is 2.15. The Morgan fingerprint density at radius 1 is 1.14 bits per heavy atom. The number of anilines is 1. The van der Waals surface area contributed by atoms with E-state index in [1.165, 1.54) is 0 Å². The van der Waals surface area contributed by atoms with Gasteiger partial charge in [-0.25, -0.2) is 0 Å². The Balaban J connectivity index is 0.00000225. The van der Waals surface area contributed by atoms with Crippen molar-refractivity contribution in [3.8, 4) is 0 Å². The van der Waals surface area contributed by atoms with Gasteiger partial charge in [-0.15, -0.1) is 12.4 Å². The average Bonchev–Trinajstić information content (AvgIpc) is 3.21. The Kier molecular flexibility index (Phi) is 6.70. The summed E-state index contributed by atoms with van der Waals surface area (Å²) in [6, 6.07) is 11.1. The highest BCUT2D eigenvalue weighted by Gasteiger charge is 2.31. The molecule has 8 heteroatoms. The molecule has 0 bridgehead atoms. The molecule has 0 spiro atoms. The second-order valence-corrected chi connectivity index (χ2v) is 7.17. The van der Waals surface area contributed by atoms with E-state index in [9.17, 15) is 9.59 Å². The first-order chi connectivity index (χ1) is 13.2. The van der Waals surface area contributed by atoms with Crippen LogP contribution >= 0.6 is 12.4 Å². The maximum absolute atomic E-state index is 12.8. The van der Waals surface area contributed by atoms with Crippen LogP contribution < -0.4 is 15.5 Å². The number of para-hydroxylation sites is 1. The summed E-state index contributed by atoms with van der Waals surface area (Å²) in [7, 11) is 0. The first-order valence-electron chi connectivity index (χ1n) is 9.65. The first-order valence-corrected chi connectivity index (χ1v) is 9.65. The number of amides is 2. The van der Waals surface area contributed by atoms with Gasteiger partial charge in [0.25, 0.3) is 5.91 Å². The van der Waals surface area contributed by atoms with Gasteiger partial charge < -0.3 is 15.5 Å². The van der Waals surface area contributed by atoms with Crippen LogP contribution in [-0.4, -0.2) is 47.3 Å². The van der Waals surface area contributed by atoms with E-state index in [-0.39, 0.29) is 30.3 Å². The summed E-state index contributed by atoms with van der Waals surface area (Å²) in [6.07, 6.45) is 5.53. The van der Waals surface area contributed by atoms with Crippen LogP contribution in [0.1, 0.15) is 42.2 Å². The van der Waals surface area contributed by atoms with E-state index < -0.39 is 6.04 Å². The lowest BCUT2D eigenvalue weighted by molar-refractivity contribution is -0.121. The zero-order chi connectivity index (χ0) is 18.6. The number of hydrogen-bond donors (Lipinski definition) is 2. The van der Waals surface area contributed by atoms with Gasteiger partial charge in [0.1, 0.15) is 11.7 Å². The van der Waals surface area contributed by atoms with Crippen LogP contribution in [0.25, 0.3) is 0 Å². The summed E-state index contributed by atoms with van der Waals surface area (Å²) < 4.78 is 1.86.